The second-order valence-corrected chi connectivity index (χ2v) is 9.04. The Morgan fingerprint density at radius 3 is 2.15 bits per heavy atom. The van der Waals surface area contributed by atoms with Crippen molar-refractivity contribution in [3.63, 3.8) is 0 Å². The number of amides is 1. The summed E-state index contributed by atoms with van der Waals surface area (Å²) in [6.45, 7) is 8.81. The third-order valence-electron chi connectivity index (χ3n) is 5.15. The van der Waals surface area contributed by atoms with Gasteiger partial charge < -0.3 is 15.5 Å². The molecule has 0 aliphatic carbocycles. The highest BCUT2D eigenvalue weighted by molar-refractivity contribution is 6.10. The minimum absolute atomic E-state index is 0.0105. The molecule has 26 heavy (non-hydrogen) atoms. The Kier molecular flexibility index (Phi) is 4.74. The van der Waals surface area contributed by atoms with Crippen molar-refractivity contribution >= 4 is 22.4 Å². The van der Waals surface area contributed by atoms with Gasteiger partial charge in [-0.25, -0.2) is 0 Å². The molecule has 0 atom stereocenters. The maximum absolute atomic E-state index is 13.1. The summed E-state index contributed by atoms with van der Waals surface area (Å²) in [5.74, 6) is 0.0185. The van der Waals surface area contributed by atoms with Crippen LogP contribution < -0.4 is 15.5 Å². The molecule has 1 amide bonds. The van der Waals surface area contributed by atoms with Gasteiger partial charge in [0.2, 0.25) is 0 Å². The number of benzene rings is 2. The molecule has 3 rings (SSSR count). The molecule has 4 nitrogen and oxygen atoms in total. The van der Waals surface area contributed by atoms with Crippen LogP contribution in [0.3, 0.4) is 0 Å². The van der Waals surface area contributed by atoms with E-state index < -0.39 is 0 Å². The second kappa shape index (κ2) is 6.58. The van der Waals surface area contributed by atoms with Crippen molar-refractivity contribution in [2.45, 2.75) is 57.7 Å². The first kappa shape index (κ1) is 18.7. The minimum Gasteiger partial charge on any atom is -0.377 e. The maximum Gasteiger partial charge on any atom is 0.252 e. The quantitative estimate of drug-likeness (QED) is 0.878. The lowest BCUT2D eigenvalue weighted by molar-refractivity contribution is 0.0875. The molecule has 0 spiro atoms. The molecular weight excluding hydrogens is 322 g/mol. The van der Waals surface area contributed by atoms with Gasteiger partial charge in [0.05, 0.1) is 0 Å². The van der Waals surface area contributed by atoms with Gasteiger partial charge >= 0.3 is 0 Å². The van der Waals surface area contributed by atoms with Crippen molar-refractivity contribution in [2.24, 2.45) is 0 Å². The zero-order valence-corrected chi connectivity index (χ0v) is 16.8. The number of nitrogens with zero attached hydrogens (tertiary/aromatic N) is 1. The summed E-state index contributed by atoms with van der Waals surface area (Å²) in [5, 5.41) is 9.07. The number of nitrogens with one attached hydrogen (secondary N) is 2. The van der Waals surface area contributed by atoms with Crippen molar-refractivity contribution in [3.8, 4) is 0 Å². The van der Waals surface area contributed by atoms with E-state index in [1.165, 1.54) is 0 Å². The van der Waals surface area contributed by atoms with Gasteiger partial charge in [0.15, 0.2) is 0 Å². The highest BCUT2D eigenvalue weighted by atomic mass is 16.1. The van der Waals surface area contributed by atoms with E-state index in [0.29, 0.717) is 0 Å². The number of piperidine rings is 1. The van der Waals surface area contributed by atoms with E-state index in [1.54, 1.807) is 0 Å². The van der Waals surface area contributed by atoms with Gasteiger partial charge in [-0.2, -0.15) is 0 Å². The average Bonchev–Trinajstić information content (AvgIpc) is 2.50. The van der Waals surface area contributed by atoms with Crippen LogP contribution in [-0.4, -0.2) is 37.1 Å². The first-order chi connectivity index (χ1) is 12.1. The summed E-state index contributed by atoms with van der Waals surface area (Å²) >= 11 is 0. The van der Waals surface area contributed by atoms with Gasteiger partial charge in [0.1, 0.15) is 0 Å². The molecule has 0 saturated carbocycles. The fourth-order valence-corrected chi connectivity index (χ4v) is 4.56. The Labute approximate surface area is 157 Å². The van der Waals surface area contributed by atoms with E-state index in [9.17, 15) is 4.79 Å². The van der Waals surface area contributed by atoms with Gasteiger partial charge in [-0.15, -0.1) is 0 Å². The van der Waals surface area contributed by atoms with Crippen LogP contribution >= 0.6 is 0 Å². The predicted molar refractivity (Wildman–Crippen MR) is 110 cm³/mol. The lowest BCUT2D eigenvalue weighted by atomic mass is 9.79. The summed E-state index contributed by atoms with van der Waals surface area (Å²) in [6.07, 6.45) is 1.85. The Morgan fingerprint density at radius 2 is 1.58 bits per heavy atom. The number of hydrogen-bond acceptors (Lipinski definition) is 3. The molecule has 0 unspecified atom stereocenters. The molecule has 1 heterocycles. The summed E-state index contributed by atoms with van der Waals surface area (Å²) in [5.41, 5.74) is 1.90. The lowest BCUT2D eigenvalue weighted by Crippen LogP contribution is -2.62. The van der Waals surface area contributed by atoms with Crippen LogP contribution in [0.5, 0.6) is 0 Å². The number of hydrogen-bond donors (Lipinski definition) is 2. The lowest BCUT2D eigenvalue weighted by Gasteiger charge is -2.46. The molecule has 1 aliphatic rings. The van der Waals surface area contributed by atoms with Crippen molar-refractivity contribution in [1.82, 2.24) is 10.6 Å². The van der Waals surface area contributed by atoms with Crippen LogP contribution in [0.4, 0.5) is 5.69 Å². The summed E-state index contributed by atoms with van der Waals surface area (Å²) in [4.78, 5) is 15.2. The van der Waals surface area contributed by atoms with Gasteiger partial charge in [-0.3, -0.25) is 4.79 Å². The number of rotatable bonds is 3. The summed E-state index contributed by atoms with van der Waals surface area (Å²) in [6, 6.07) is 12.3. The monoisotopic (exact) mass is 353 g/mol. The van der Waals surface area contributed by atoms with E-state index in [2.05, 4.69) is 49.3 Å². The Morgan fingerprint density at radius 1 is 1.00 bits per heavy atom. The number of fused-ring (bicyclic) bond motifs is 1. The van der Waals surface area contributed by atoms with Crippen LogP contribution in [0.2, 0.25) is 0 Å². The smallest absolute Gasteiger partial charge is 0.252 e. The van der Waals surface area contributed by atoms with E-state index in [1.807, 2.05) is 44.4 Å². The predicted octanol–water partition coefficient (Wildman–Crippen LogP) is 3.94. The molecule has 0 aromatic heterocycles. The normalized spacial score (nSPS) is 19.3. The molecule has 2 aromatic carbocycles. The summed E-state index contributed by atoms with van der Waals surface area (Å²) in [7, 11) is 4.06. The Bertz CT molecular complexity index is 807. The molecule has 4 heteroatoms. The average molecular weight is 354 g/mol. The maximum atomic E-state index is 13.1. The Hall–Kier alpha value is -2.07. The van der Waals surface area contributed by atoms with Crippen molar-refractivity contribution < 1.29 is 4.79 Å². The molecule has 2 aromatic rings. The molecule has 1 saturated heterocycles. The zero-order chi connectivity index (χ0) is 19.1. The highest BCUT2D eigenvalue weighted by Gasteiger charge is 2.38. The fourth-order valence-electron chi connectivity index (χ4n) is 4.56. The molecule has 1 aliphatic heterocycles. The number of carbonyl (C=O) groups is 1. The van der Waals surface area contributed by atoms with Crippen LogP contribution in [0.15, 0.2) is 36.4 Å². The second-order valence-electron chi connectivity index (χ2n) is 9.04. The topological polar surface area (TPSA) is 44.4 Å². The number of carbonyl (C=O) groups excluding carboxylic acids is 1. The molecule has 2 N–H and O–H groups in total. The van der Waals surface area contributed by atoms with Gasteiger partial charge in [0.25, 0.3) is 5.91 Å². The summed E-state index contributed by atoms with van der Waals surface area (Å²) < 4.78 is 0. The molecule has 140 valence electrons. The third-order valence-corrected chi connectivity index (χ3v) is 5.15. The van der Waals surface area contributed by atoms with Gasteiger partial charge in [0, 0.05) is 47.9 Å². The Balaban J connectivity index is 1.90. The highest BCUT2D eigenvalue weighted by Crippen LogP contribution is 2.31. The van der Waals surface area contributed by atoms with Crippen molar-refractivity contribution in [2.75, 3.05) is 19.0 Å². The molecular formula is C22H31N3O. The first-order valence-corrected chi connectivity index (χ1v) is 9.37. The zero-order valence-electron chi connectivity index (χ0n) is 16.8. The van der Waals surface area contributed by atoms with E-state index in [0.717, 1.165) is 34.9 Å². The SMILES string of the molecule is CN(C)c1ccc(C(=O)NC2CC(C)(C)NC(C)(C)C2)c2ccccc12. The van der Waals surface area contributed by atoms with Crippen LogP contribution in [-0.2, 0) is 0 Å². The van der Waals surface area contributed by atoms with Crippen LogP contribution in [0.25, 0.3) is 10.8 Å². The van der Waals surface area contributed by atoms with E-state index >= 15 is 0 Å². The van der Waals surface area contributed by atoms with Crippen LogP contribution in [0, 0.1) is 0 Å². The standard InChI is InChI=1S/C22H31N3O/c1-21(2)13-15(14-22(3,4)24-21)23-20(26)18-11-12-19(25(5)6)17-10-8-7-9-16(17)18/h7-12,15,24H,13-14H2,1-6H3,(H,23,26). The molecule has 1 fully saturated rings. The van der Waals surface area contributed by atoms with Crippen molar-refractivity contribution in [3.05, 3.63) is 42.0 Å². The number of anilines is 1. The molecule has 0 radical (unpaired) electrons. The van der Waals surface area contributed by atoms with E-state index in [4.69, 9.17) is 0 Å². The van der Waals surface area contributed by atoms with Gasteiger partial charge in [-0.05, 0) is 58.1 Å². The van der Waals surface area contributed by atoms with Gasteiger partial charge in [-0.1, -0.05) is 24.3 Å². The first-order valence-electron chi connectivity index (χ1n) is 9.37. The third kappa shape index (κ3) is 3.85. The van der Waals surface area contributed by atoms with Crippen LogP contribution in [0.1, 0.15) is 50.9 Å². The van der Waals surface area contributed by atoms with E-state index in [-0.39, 0.29) is 23.0 Å². The van der Waals surface area contributed by atoms with Crippen molar-refractivity contribution in [1.29, 1.82) is 0 Å². The largest absolute Gasteiger partial charge is 0.377 e. The molecule has 0 bridgehead atoms. The minimum atomic E-state index is 0.0105. The fraction of sp³-hybridized carbons (Fsp3) is 0.500.